The van der Waals surface area contributed by atoms with Gasteiger partial charge in [-0.3, -0.25) is 4.90 Å². The summed E-state index contributed by atoms with van der Waals surface area (Å²) in [6.45, 7) is 5.75. The van der Waals surface area contributed by atoms with Crippen molar-refractivity contribution >= 4 is 5.69 Å². The van der Waals surface area contributed by atoms with Gasteiger partial charge in [-0.2, -0.15) is 0 Å². The Hall–Kier alpha value is -1.26. The number of nitrogens with two attached hydrogens (primary N) is 1. The van der Waals surface area contributed by atoms with Gasteiger partial charge in [0.15, 0.2) is 0 Å². The van der Waals surface area contributed by atoms with Crippen LogP contribution in [0.2, 0.25) is 0 Å². The average molecular weight is 317 g/mol. The Balaban J connectivity index is 1.43. The molecule has 23 heavy (non-hydrogen) atoms. The molecule has 0 aromatic heterocycles. The molecule has 1 aliphatic heterocycles. The van der Waals surface area contributed by atoms with Crippen LogP contribution in [-0.4, -0.2) is 50.8 Å². The van der Waals surface area contributed by atoms with E-state index < -0.39 is 0 Å². The number of nitrogens with zero attached hydrogens (tertiary/aromatic N) is 2. The SMILES string of the molecule is COc1ccccc1N1CCN(CCC2CCC(N)CC2)CC1. The van der Waals surface area contributed by atoms with E-state index in [1.165, 1.54) is 44.3 Å². The summed E-state index contributed by atoms with van der Waals surface area (Å²) < 4.78 is 5.50. The highest BCUT2D eigenvalue weighted by Crippen LogP contribution is 2.29. The molecular formula is C19H31N3O. The normalized spacial score (nSPS) is 26.3. The molecule has 0 amide bonds. The number of ether oxygens (including phenoxy) is 1. The van der Waals surface area contributed by atoms with Gasteiger partial charge in [0, 0.05) is 32.2 Å². The minimum atomic E-state index is 0.468. The summed E-state index contributed by atoms with van der Waals surface area (Å²) in [5.74, 6) is 1.89. The Morgan fingerprint density at radius 1 is 1.04 bits per heavy atom. The van der Waals surface area contributed by atoms with Crippen LogP contribution in [-0.2, 0) is 0 Å². The van der Waals surface area contributed by atoms with Gasteiger partial charge in [0.25, 0.3) is 0 Å². The fraction of sp³-hybridized carbons (Fsp3) is 0.684. The summed E-state index contributed by atoms with van der Waals surface area (Å²) in [6, 6.07) is 8.82. The van der Waals surface area contributed by atoms with Crippen molar-refractivity contribution in [1.82, 2.24) is 4.90 Å². The smallest absolute Gasteiger partial charge is 0.142 e. The van der Waals surface area contributed by atoms with Crippen molar-refractivity contribution in [2.75, 3.05) is 44.7 Å². The minimum absolute atomic E-state index is 0.468. The van der Waals surface area contributed by atoms with E-state index in [-0.39, 0.29) is 0 Å². The van der Waals surface area contributed by atoms with Gasteiger partial charge >= 0.3 is 0 Å². The first-order valence-corrected chi connectivity index (χ1v) is 9.12. The first kappa shape index (κ1) is 16.6. The highest BCUT2D eigenvalue weighted by molar-refractivity contribution is 5.58. The highest BCUT2D eigenvalue weighted by Gasteiger charge is 2.22. The molecule has 1 aromatic carbocycles. The van der Waals surface area contributed by atoms with E-state index >= 15 is 0 Å². The molecule has 128 valence electrons. The lowest BCUT2D eigenvalue weighted by atomic mass is 9.84. The fourth-order valence-corrected chi connectivity index (χ4v) is 3.95. The number of hydrogen-bond acceptors (Lipinski definition) is 4. The van der Waals surface area contributed by atoms with Crippen LogP contribution in [0.5, 0.6) is 5.75 Å². The molecule has 1 aromatic rings. The van der Waals surface area contributed by atoms with Gasteiger partial charge in [0.1, 0.15) is 5.75 Å². The molecule has 0 radical (unpaired) electrons. The zero-order valence-corrected chi connectivity index (χ0v) is 14.4. The molecule has 0 unspecified atom stereocenters. The molecule has 2 fully saturated rings. The molecule has 1 aliphatic carbocycles. The molecule has 1 heterocycles. The van der Waals surface area contributed by atoms with Gasteiger partial charge in [-0.25, -0.2) is 0 Å². The Morgan fingerprint density at radius 2 is 1.74 bits per heavy atom. The first-order valence-electron chi connectivity index (χ1n) is 9.12. The quantitative estimate of drug-likeness (QED) is 0.907. The maximum Gasteiger partial charge on any atom is 0.142 e. The van der Waals surface area contributed by atoms with Crippen molar-refractivity contribution in [3.63, 3.8) is 0 Å². The second kappa shape index (κ2) is 8.02. The maximum absolute atomic E-state index is 6.00. The molecule has 2 aliphatic rings. The molecule has 0 bridgehead atoms. The molecule has 1 saturated heterocycles. The average Bonchev–Trinajstić information content (AvgIpc) is 2.62. The van der Waals surface area contributed by atoms with Crippen molar-refractivity contribution < 1.29 is 4.74 Å². The van der Waals surface area contributed by atoms with E-state index in [1.54, 1.807) is 7.11 Å². The van der Waals surface area contributed by atoms with E-state index in [2.05, 4.69) is 28.0 Å². The third-order valence-corrected chi connectivity index (χ3v) is 5.54. The van der Waals surface area contributed by atoms with Gasteiger partial charge in [0.2, 0.25) is 0 Å². The van der Waals surface area contributed by atoms with E-state index in [9.17, 15) is 0 Å². The van der Waals surface area contributed by atoms with Crippen molar-refractivity contribution in [3.05, 3.63) is 24.3 Å². The van der Waals surface area contributed by atoms with Gasteiger partial charge < -0.3 is 15.4 Å². The topological polar surface area (TPSA) is 41.7 Å². The first-order chi connectivity index (χ1) is 11.3. The summed E-state index contributed by atoms with van der Waals surface area (Å²) in [4.78, 5) is 5.08. The van der Waals surface area contributed by atoms with Gasteiger partial charge in [-0.05, 0) is 56.7 Å². The highest BCUT2D eigenvalue weighted by atomic mass is 16.5. The molecule has 0 atom stereocenters. The minimum Gasteiger partial charge on any atom is -0.495 e. The number of rotatable bonds is 5. The van der Waals surface area contributed by atoms with Crippen LogP contribution in [0.4, 0.5) is 5.69 Å². The molecule has 4 nitrogen and oxygen atoms in total. The summed E-state index contributed by atoms with van der Waals surface area (Å²) in [5, 5.41) is 0. The van der Waals surface area contributed by atoms with Gasteiger partial charge in [-0.15, -0.1) is 0 Å². The number of para-hydroxylation sites is 2. The number of hydrogen-bond donors (Lipinski definition) is 1. The Labute approximate surface area is 140 Å². The van der Waals surface area contributed by atoms with Crippen molar-refractivity contribution in [1.29, 1.82) is 0 Å². The standard InChI is InChI=1S/C19H31N3O/c1-23-19-5-3-2-4-18(19)22-14-12-21(13-15-22)11-10-16-6-8-17(20)9-7-16/h2-5,16-17H,6-15,20H2,1H3. The third kappa shape index (κ3) is 4.39. The lowest BCUT2D eigenvalue weighted by Gasteiger charge is -2.37. The molecule has 4 heteroatoms. The zero-order chi connectivity index (χ0) is 16.1. The Bertz CT molecular complexity index is 477. The Morgan fingerprint density at radius 3 is 2.43 bits per heavy atom. The van der Waals surface area contributed by atoms with Crippen molar-refractivity contribution in [3.8, 4) is 5.75 Å². The fourth-order valence-electron chi connectivity index (χ4n) is 3.95. The van der Waals surface area contributed by atoms with Crippen LogP contribution < -0.4 is 15.4 Å². The van der Waals surface area contributed by atoms with E-state index in [1.807, 2.05) is 6.07 Å². The van der Waals surface area contributed by atoms with Crippen LogP contribution in [0, 0.1) is 5.92 Å². The number of anilines is 1. The van der Waals surface area contributed by atoms with E-state index in [0.29, 0.717) is 6.04 Å². The summed E-state index contributed by atoms with van der Waals surface area (Å²) >= 11 is 0. The lowest BCUT2D eigenvalue weighted by molar-refractivity contribution is 0.216. The predicted molar refractivity (Wildman–Crippen MR) is 96.2 cm³/mol. The lowest BCUT2D eigenvalue weighted by Crippen LogP contribution is -2.47. The summed E-state index contributed by atoms with van der Waals surface area (Å²) in [7, 11) is 1.76. The predicted octanol–water partition coefficient (Wildman–Crippen LogP) is 2.72. The number of benzene rings is 1. The second-order valence-electron chi connectivity index (χ2n) is 7.07. The van der Waals surface area contributed by atoms with E-state index in [0.717, 1.165) is 37.8 Å². The van der Waals surface area contributed by atoms with E-state index in [4.69, 9.17) is 10.5 Å². The molecule has 2 N–H and O–H groups in total. The summed E-state index contributed by atoms with van der Waals surface area (Å²) in [5.41, 5.74) is 7.24. The number of piperazine rings is 1. The maximum atomic E-state index is 6.00. The Kier molecular flexibility index (Phi) is 5.79. The van der Waals surface area contributed by atoms with Crippen LogP contribution in [0.3, 0.4) is 0 Å². The largest absolute Gasteiger partial charge is 0.495 e. The van der Waals surface area contributed by atoms with Crippen molar-refractivity contribution in [2.45, 2.75) is 38.1 Å². The third-order valence-electron chi connectivity index (χ3n) is 5.54. The molecule has 1 saturated carbocycles. The monoisotopic (exact) mass is 317 g/mol. The van der Waals surface area contributed by atoms with Crippen LogP contribution in [0.15, 0.2) is 24.3 Å². The van der Waals surface area contributed by atoms with Crippen molar-refractivity contribution in [2.24, 2.45) is 11.7 Å². The zero-order valence-electron chi connectivity index (χ0n) is 14.4. The summed E-state index contributed by atoms with van der Waals surface area (Å²) in [6.07, 6.45) is 6.48. The van der Waals surface area contributed by atoms with Crippen LogP contribution in [0.1, 0.15) is 32.1 Å². The van der Waals surface area contributed by atoms with Gasteiger partial charge in [0.05, 0.1) is 12.8 Å². The number of methoxy groups -OCH3 is 1. The second-order valence-corrected chi connectivity index (χ2v) is 7.07. The molecule has 0 spiro atoms. The molecule has 3 rings (SSSR count). The van der Waals surface area contributed by atoms with Crippen LogP contribution >= 0.6 is 0 Å². The molecular weight excluding hydrogens is 286 g/mol. The van der Waals surface area contributed by atoms with Gasteiger partial charge in [-0.1, -0.05) is 12.1 Å². The van der Waals surface area contributed by atoms with Crippen LogP contribution in [0.25, 0.3) is 0 Å².